The molecule has 10 heteroatoms. The van der Waals surface area contributed by atoms with Gasteiger partial charge in [-0.25, -0.2) is 13.2 Å². The topological polar surface area (TPSA) is 101 Å². The first-order chi connectivity index (χ1) is 14.8. The van der Waals surface area contributed by atoms with Crippen molar-refractivity contribution >= 4 is 11.7 Å². The lowest BCUT2D eigenvalue weighted by Gasteiger charge is -2.40. The van der Waals surface area contributed by atoms with E-state index in [-0.39, 0.29) is 35.1 Å². The number of nitrogens with zero attached hydrogens (tertiary/aromatic N) is 3. The third-order valence-electron chi connectivity index (χ3n) is 6.61. The van der Waals surface area contributed by atoms with Crippen molar-refractivity contribution in [3.63, 3.8) is 0 Å². The van der Waals surface area contributed by atoms with Gasteiger partial charge in [0.25, 0.3) is 5.91 Å². The van der Waals surface area contributed by atoms with Crippen molar-refractivity contribution in [1.82, 2.24) is 9.47 Å². The molecule has 1 aromatic carbocycles. The van der Waals surface area contributed by atoms with Crippen LogP contribution in [0, 0.1) is 23.4 Å². The first-order valence-electron chi connectivity index (χ1n) is 9.99. The van der Waals surface area contributed by atoms with E-state index in [0.717, 1.165) is 19.3 Å². The van der Waals surface area contributed by atoms with Gasteiger partial charge >= 0.3 is 0 Å². The lowest BCUT2D eigenvalue weighted by Crippen LogP contribution is -2.52. The summed E-state index contributed by atoms with van der Waals surface area (Å²) < 4.78 is 42.3. The summed E-state index contributed by atoms with van der Waals surface area (Å²) in [7, 11) is 0. The number of nitrogens with two attached hydrogens (primary N) is 1. The molecule has 1 amide bonds. The molecule has 3 heterocycles. The maximum absolute atomic E-state index is 13.8. The Balaban J connectivity index is 1.51. The van der Waals surface area contributed by atoms with Gasteiger partial charge in [0.1, 0.15) is 23.3 Å². The number of amides is 1. The van der Waals surface area contributed by atoms with Gasteiger partial charge in [-0.2, -0.15) is 0 Å². The molecule has 2 aromatic rings. The maximum Gasteiger partial charge on any atom is 0.275 e. The number of hydrogen-bond acceptors (Lipinski definition) is 4. The molecule has 1 saturated heterocycles. The fraction of sp³-hybridized carbons (Fsp3) is 0.381. The third kappa shape index (κ3) is 2.92. The number of pyridine rings is 1. The van der Waals surface area contributed by atoms with Crippen LogP contribution in [-0.2, 0) is 13.1 Å². The molecule has 1 aliphatic carbocycles. The van der Waals surface area contributed by atoms with Crippen LogP contribution in [0.25, 0.3) is 0 Å². The number of amidine groups is 1. The number of benzene rings is 1. The number of carbonyl (C=O) groups is 1. The second-order valence-electron chi connectivity index (χ2n) is 8.28. The highest BCUT2D eigenvalue weighted by Crippen LogP contribution is 2.45. The molecular formula is C21H19F3N4O3. The summed E-state index contributed by atoms with van der Waals surface area (Å²) in [5, 5.41) is 10.5. The van der Waals surface area contributed by atoms with Crippen LogP contribution in [0.5, 0.6) is 5.75 Å². The SMILES string of the molecule is NC(=NCc1c(F)cc(F)cc1F)c1cn2c(c(O)c1=O)C(=O)N1[C@H]3CC[C@H](C3)[C@@H]1C2. The summed E-state index contributed by atoms with van der Waals surface area (Å²) in [6, 6.07) is 1.18. The maximum atomic E-state index is 13.8. The van der Waals surface area contributed by atoms with E-state index < -0.39 is 40.7 Å². The Kier molecular flexibility index (Phi) is 4.35. The lowest BCUT2D eigenvalue weighted by molar-refractivity contribution is 0.0483. The second kappa shape index (κ2) is 6.86. The summed E-state index contributed by atoms with van der Waals surface area (Å²) in [5.74, 6) is -4.38. The van der Waals surface area contributed by atoms with Gasteiger partial charge in [0.05, 0.1) is 18.2 Å². The molecule has 0 radical (unpaired) electrons. The van der Waals surface area contributed by atoms with Crippen LogP contribution in [0.15, 0.2) is 28.1 Å². The zero-order valence-electron chi connectivity index (χ0n) is 16.3. The number of fused-ring (bicyclic) bond motifs is 6. The van der Waals surface area contributed by atoms with Gasteiger partial charge in [0, 0.05) is 36.5 Å². The molecule has 1 aromatic heterocycles. The van der Waals surface area contributed by atoms with Crippen molar-refractivity contribution in [1.29, 1.82) is 0 Å². The molecule has 7 nitrogen and oxygen atoms in total. The van der Waals surface area contributed by atoms with Crippen LogP contribution < -0.4 is 11.2 Å². The molecule has 3 aliphatic rings. The molecule has 162 valence electrons. The van der Waals surface area contributed by atoms with E-state index in [9.17, 15) is 27.9 Å². The molecule has 0 spiro atoms. The first kappa shape index (κ1) is 19.7. The second-order valence-corrected chi connectivity index (χ2v) is 8.28. The highest BCUT2D eigenvalue weighted by atomic mass is 19.1. The van der Waals surface area contributed by atoms with E-state index in [2.05, 4.69) is 4.99 Å². The average molecular weight is 432 g/mol. The smallest absolute Gasteiger partial charge is 0.275 e. The summed E-state index contributed by atoms with van der Waals surface area (Å²) in [6.07, 6.45) is 4.23. The van der Waals surface area contributed by atoms with Gasteiger partial charge in [0.15, 0.2) is 11.4 Å². The van der Waals surface area contributed by atoms with Gasteiger partial charge in [-0.3, -0.25) is 14.6 Å². The van der Waals surface area contributed by atoms with Crippen molar-refractivity contribution in [2.45, 2.75) is 44.4 Å². The molecule has 2 fully saturated rings. The molecule has 1 saturated carbocycles. The van der Waals surface area contributed by atoms with E-state index in [1.807, 2.05) is 0 Å². The predicted molar refractivity (Wildman–Crippen MR) is 104 cm³/mol. The average Bonchev–Trinajstić information content (AvgIpc) is 3.31. The number of halogens is 3. The van der Waals surface area contributed by atoms with Gasteiger partial charge in [-0.1, -0.05) is 0 Å². The Bertz CT molecular complexity index is 1190. The van der Waals surface area contributed by atoms with Crippen LogP contribution >= 0.6 is 0 Å². The van der Waals surface area contributed by atoms with E-state index >= 15 is 0 Å². The molecule has 3 atom stereocenters. The Morgan fingerprint density at radius 2 is 1.90 bits per heavy atom. The van der Waals surface area contributed by atoms with Crippen molar-refractivity contribution < 1.29 is 23.1 Å². The zero-order chi connectivity index (χ0) is 22.0. The summed E-state index contributed by atoms with van der Waals surface area (Å²) in [5.41, 5.74) is 4.25. The Labute approximate surface area is 174 Å². The molecule has 2 bridgehead atoms. The zero-order valence-corrected chi connectivity index (χ0v) is 16.3. The van der Waals surface area contributed by atoms with E-state index in [0.29, 0.717) is 24.6 Å². The Morgan fingerprint density at radius 1 is 1.19 bits per heavy atom. The van der Waals surface area contributed by atoms with Gasteiger partial charge in [-0.15, -0.1) is 0 Å². The van der Waals surface area contributed by atoms with E-state index in [4.69, 9.17) is 5.73 Å². The molecule has 2 aliphatic heterocycles. The molecule has 3 N–H and O–H groups in total. The highest BCUT2D eigenvalue weighted by molar-refractivity contribution is 6.00. The first-order valence-corrected chi connectivity index (χ1v) is 9.99. The quantitative estimate of drug-likeness (QED) is 0.571. The highest BCUT2D eigenvalue weighted by Gasteiger charge is 2.51. The number of carbonyl (C=O) groups excluding carboxylic acids is 1. The molecular weight excluding hydrogens is 413 g/mol. The van der Waals surface area contributed by atoms with E-state index in [1.54, 1.807) is 4.90 Å². The van der Waals surface area contributed by atoms with Gasteiger partial charge < -0.3 is 20.3 Å². The van der Waals surface area contributed by atoms with Crippen LogP contribution in [0.4, 0.5) is 13.2 Å². The van der Waals surface area contributed by atoms with Crippen LogP contribution in [0.3, 0.4) is 0 Å². The Hall–Kier alpha value is -3.30. The number of piperidine rings is 1. The van der Waals surface area contributed by atoms with Gasteiger partial charge in [0.2, 0.25) is 5.43 Å². The number of aliphatic imine (C=N–C) groups is 1. The molecule has 5 rings (SSSR count). The van der Waals surface area contributed by atoms with Crippen LogP contribution in [0.2, 0.25) is 0 Å². The van der Waals surface area contributed by atoms with Crippen molar-refractivity contribution in [2.75, 3.05) is 0 Å². The number of rotatable bonds is 3. The van der Waals surface area contributed by atoms with Crippen molar-refractivity contribution in [3.8, 4) is 5.75 Å². The lowest BCUT2D eigenvalue weighted by atomic mass is 9.95. The number of aromatic hydroxyl groups is 1. The third-order valence-corrected chi connectivity index (χ3v) is 6.61. The van der Waals surface area contributed by atoms with Gasteiger partial charge in [-0.05, 0) is 25.2 Å². The van der Waals surface area contributed by atoms with E-state index in [1.165, 1.54) is 10.8 Å². The summed E-state index contributed by atoms with van der Waals surface area (Å²) in [4.78, 5) is 31.3. The summed E-state index contributed by atoms with van der Waals surface area (Å²) in [6.45, 7) is -0.150. The largest absolute Gasteiger partial charge is 0.503 e. The number of aromatic nitrogens is 1. The monoisotopic (exact) mass is 432 g/mol. The van der Waals surface area contributed by atoms with Crippen LogP contribution in [0.1, 0.15) is 40.9 Å². The molecule has 31 heavy (non-hydrogen) atoms. The normalized spacial score (nSPS) is 24.5. The number of hydrogen-bond donors (Lipinski definition) is 2. The van der Waals surface area contributed by atoms with Crippen molar-refractivity contribution in [3.05, 3.63) is 62.8 Å². The minimum Gasteiger partial charge on any atom is -0.503 e. The fourth-order valence-corrected chi connectivity index (χ4v) is 5.14. The summed E-state index contributed by atoms with van der Waals surface area (Å²) >= 11 is 0. The Morgan fingerprint density at radius 3 is 2.61 bits per heavy atom. The predicted octanol–water partition coefficient (Wildman–Crippen LogP) is 1.88. The van der Waals surface area contributed by atoms with Crippen LogP contribution in [-0.4, -0.2) is 38.4 Å². The minimum atomic E-state index is -1.12. The fourth-order valence-electron chi connectivity index (χ4n) is 5.14. The van der Waals surface area contributed by atoms with Crippen molar-refractivity contribution in [2.24, 2.45) is 16.6 Å². The molecule has 0 unspecified atom stereocenters. The minimum absolute atomic E-state index is 0.00549. The standard InChI is InChI=1S/C21H19F3N4O3/c22-10-4-14(23)12(15(24)5-10)6-26-20(25)13-7-27-8-16-9-1-2-11(3-9)28(16)21(31)17(27)19(30)18(13)29/h4-5,7,9,11,16,30H,1-3,6,8H2,(H2,25,26)/t9-,11+,16+/m1/s1.